The Hall–Kier alpha value is -2.85. The molecule has 0 spiro atoms. The van der Waals surface area contributed by atoms with E-state index in [9.17, 15) is 18.0 Å². The van der Waals surface area contributed by atoms with Crippen LogP contribution in [0.4, 0.5) is 5.69 Å². The van der Waals surface area contributed by atoms with E-state index in [1.807, 2.05) is 0 Å². The maximum atomic E-state index is 12.3. The second-order valence-corrected chi connectivity index (χ2v) is 8.19. The van der Waals surface area contributed by atoms with Crippen LogP contribution in [-0.4, -0.2) is 52.3 Å². The molecule has 2 amide bonds. The molecule has 0 unspecified atom stereocenters. The number of amides is 2. The molecule has 2 rings (SSSR count). The monoisotopic (exact) mass is 409 g/mol. The SMILES string of the molecule is COc1ccc(S(=O)(=O)N(C)C)cc1NC(=O)CCCNC(=O)c1ccco1. The van der Waals surface area contributed by atoms with Crippen LogP contribution in [-0.2, 0) is 14.8 Å². The van der Waals surface area contributed by atoms with Crippen molar-refractivity contribution < 1.29 is 27.2 Å². The first-order valence-electron chi connectivity index (χ1n) is 8.48. The van der Waals surface area contributed by atoms with Gasteiger partial charge >= 0.3 is 0 Å². The number of hydrogen-bond donors (Lipinski definition) is 2. The third-order valence-corrected chi connectivity index (χ3v) is 5.65. The predicted molar refractivity (Wildman–Crippen MR) is 103 cm³/mol. The number of hydrogen-bond acceptors (Lipinski definition) is 6. The molecule has 0 saturated carbocycles. The van der Waals surface area contributed by atoms with Crippen LogP contribution in [0.1, 0.15) is 23.4 Å². The van der Waals surface area contributed by atoms with Crippen LogP contribution in [0, 0.1) is 0 Å². The number of nitrogens with one attached hydrogen (secondary N) is 2. The molecule has 0 fully saturated rings. The number of methoxy groups -OCH3 is 1. The second-order valence-electron chi connectivity index (χ2n) is 6.03. The molecule has 9 nitrogen and oxygen atoms in total. The number of carbonyl (C=O) groups is 2. The molecule has 0 aliphatic heterocycles. The van der Waals surface area contributed by atoms with Gasteiger partial charge in [0.05, 0.1) is 24.0 Å². The first-order valence-corrected chi connectivity index (χ1v) is 9.92. The summed E-state index contributed by atoms with van der Waals surface area (Å²) in [5.41, 5.74) is 0.259. The van der Waals surface area contributed by atoms with E-state index >= 15 is 0 Å². The van der Waals surface area contributed by atoms with E-state index in [4.69, 9.17) is 9.15 Å². The zero-order valence-electron chi connectivity index (χ0n) is 15.9. The molecule has 0 atom stereocenters. The number of ether oxygens (including phenoxy) is 1. The molecule has 2 N–H and O–H groups in total. The van der Waals surface area contributed by atoms with Gasteiger partial charge in [0.25, 0.3) is 5.91 Å². The number of benzene rings is 1. The summed E-state index contributed by atoms with van der Waals surface area (Å²) in [5, 5.41) is 5.30. The maximum absolute atomic E-state index is 12.3. The van der Waals surface area contributed by atoms with Crippen molar-refractivity contribution in [1.82, 2.24) is 9.62 Å². The molecular weight excluding hydrogens is 386 g/mol. The third-order valence-electron chi connectivity index (χ3n) is 3.83. The minimum atomic E-state index is -3.64. The van der Waals surface area contributed by atoms with E-state index in [1.165, 1.54) is 45.7 Å². The first-order chi connectivity index (χ1) is 13.3. The summed E-state index contributed by atoms with van der Waals surface area (Å²) in [6, 6.07) is 7.40. The van der Waals surface area contributed by atoms with Crippen molar-refractivity contribution in [2.24, 2.45) is 0 Å². The Balaban J connectivity index is 1.94. The highest BCUT2D eigenvalue weighted by atomic mass is 32.2. The fraction of sp³-hybridized carbons (Fsp3) is 0.333. The van der Waals surface area contributed by atoms with Crippen LogP contribution in [0.2, 0.25) is 0 Å². The average molecular weight is 409 g/mol. The quantitative estimate of drug-likeness (QED) is 0.609. The van der Waals surface area contributed by atoms with Gasteiger partial charge in [-0.15, -0.1) is 0 Å². The molecule has 28 heavy (non-hydrogen) atoms. The average Bonchev–Trinajstić information content (AvgIpc) is 3.19. The number of sulfonamides is 1. The van der Waals surface area contributed by atoms with Gasteiger partial charge in [-0.05, 0) is 36.8 Å². The third kappa shape index (κ3) is 5.33. The Labute approximate surface area is 163 Å². The molecule has 1 aromatic heterocycles. The molecule has 2 aromatic rings. The molecule has 0 radical (unpaired) electrons. The lowest BCUT2D eigenvalue weighted by molar-refractivity contribution is -0.116. The van der Waals surface area contributed by atoms with Gasteiger partial charge in [-0.3, -0.25) is 9.59 Å². The van der Waals surface area contributed by atoms with E-state index in [0.29, 0.717) is 18.7 Å². The molecule has 0 saturated heterocycles. The summed E-state index contributed by atoms with van der Waals surface area (Å²) in [5.74, 6) is -0.135. The molecule has 0 aliphatic rings. The second kappa shape index (κ2) is 9.38. The van der Waals surface area contributed by atoms with Crippen molar-refractivity contribution in [3.05, 3.63) is 42.4 Å². The van der Waals surface area contributed by atoms with Gasteiger partial charge in [-0.1, -0.05) is 0 Å². The Morgan fingerprint density at radius 3 is 2.57 bits per heavy atom. The van der Waals surface area contributed by atoms with Crippen LogP contribution in [0.5, 0.6) is 5.75 Å². The maximum Gasteiger partial charge on any atom is 0.286 e. The normalized spacial score (nSPS) is 11.3. The lowest BCUT2D eigenvalue weighted by Crippen LogP contribution is -2.25. The van der Waals surface area contributed by atoms with Crippen LogP contribution in [0.3, 0.4) is 0 Å². The summed E-state index contributed by atoms with van der Waals surface area (Å²) in [6.07, 6.45) is 1.93. The van der Waals surface area contributed by atoms with Crippen molar-refractivity contribution in [1.29, 1.82) is 0 Å². The van der Waals surface area contributed by atoms with Crippen molar-refractivity contribution in [2.45, 2.75) is 17.7 Å². The van der Waals surface area contributed by atoms with Crippen LogP contribution >= 0.6 is 0 Å². The lowest BCUT2D eigenvalue weighted by Gasteiger charge is -2.15. The number of nitrogens with zero attached hydrogens (tertiary/aromatic N) is 1. The zero-order valence-corrected chi connectivity index (χ0v) is 16.7. The van der Waals surface area contributed by atoms with E-state index in [-0.39, 0.29) is 34.6 Å². The summed E-state index contributed by atoms with van der Waals surface area (Å²) < 4.78 is 35.8. The van der Waals surface area contributed by atoms with Crippen LogP contribution in [0.15, 0.2) is 45.9 Å². The zero-order chi connectivity index (χ0) is 20.7. The molecule has 1 aromatic carbocycles. The Bertz CT molecular complexity index is 923. The topological polar surface area (TPSA) is 118 Å². The van der Waals surface area contributed by atoms with Crippen molar-refractivity contribution in [2.75, 3.05) is 33.1 Å². The van der Waals surface area contributed by atoms with Gasteiger partial charge in [0.1, 0.15) is 5.75 Å². The summed E-state index contributed by atoms with van der Waals surface area (Å²) in [4.78, 5) is 24.0. The van der Waals surface area contributed by atoms with Gasteiger partial charge < -0.3 is 19.8 Å². The highest BCUT2D eigenvalue weighted by Crippen LogP contribution is 2.28. The minimum Gasteiger partial charge on any atom is -0.495 e. The minimum absolute atomic E-state index is 0.0410. The number of furan rings is 1. The van der Waals surface area contributed by atoms with Gasteiger partial charge in [0, 0.05) is 27.1 Å². The number of carbonyl (C=O) groups excluding carboxylic acids is 2. The number of anilines is 1. The predicted octanol–water partition coefficient (Wildman–Crippen LogP) is 1.69. The summed E-state index contributed by atoms with van der Waals surface area (Å²) in [7, 11) is 0.635. The highest BCUT2D eigenvalue weighted by Gasteiger charge is 2.19. The molecule has 1 heterocycles. The summed E-state index contributed by atoms with van der Waals surface area (Å²) in [6.45, 7) is 0.291. The smallest absolute Gasteiger partial charge is 0.286 e. The molecular formula is C18H23N3O6S. The molecule has 10 heteroatoms. The van der Waals surface area contributed by atoms with Gasteiger partial charge in [-0.2, -0.15) is 0 Å². The number of rotatable bonds is 9. The summed E-state index contributed by atoms with van der Waals surface area (Å²) >= 11 is 0. The van der Waals surface area contributed by atoms with E-state index < -0.39 is 10.0 Å². The van der Waals surface area contributed by atoms with Gasteiger partial charge in [0.2, 0.25) is 15.9 Å². The Kier molecular flexibility index (Phi) is 7.18. The van der Waals surface area contributed by atoms with Gasteiger partial charge in [-0.25, -0.2) is 12.7 Å². The molecule has 152 valence electrons. The van der Waals surface area contributed by atoms with E-state index in [0.717, 1.165) is 4.31 Å². The standard InChI is InChI=1S/C18H23N3O6S/c1-21(2)28(24,25)13-8-9-15(26-3)14(12-13)20-17(22)7-4-10-19-18(23)16-6-5-11-27-16/h5-6,8-9,11-12H,4,7,10H2,1-3H3,(H,19,23)(H,20,22). The Morgan fingerprint density at radius 1 is 1.21 bits per heavy atom. The van der Waals surface area contributed by atoms with Crippen molar-refractivity contribution in [3.8, 4) is 5.75 Å². The van der Waals surface area contributed by atoms with Crippen LogP contribution in [0.25, 0.3) is 0 Å². The largest absolute Gasteiger partial charge is 0.495 e. The van der Waals surface area contributed by atoms with Crippen LogP contribution < -0.4 is 15.4 Å². The van der Waals surface area contributed by atoms with Crippen molar-refractivity contribution in [3.63, 3.8) is 0 Å². The highest BCUT2D eigenvalue weighted by molar-refractivity contribution is 7.89. The fourth-order valence-corrected chi connectivity index (χ4v) is 3.24. The van der Waals surface area contributed by atoms with E-state index in [2.05, 4.69) is 10.6 Å². The fourth-order valence-electron chi connectivity index (χ4n) is 2.31. The molecule has 0 aliphatic carbocycles. The molecule has 0 bridgehead atoms. The first kappa shape index (κ1) is 21.5. The Morgan fingerprint density at radius 2 is 1.96 bits per heavy atom. The van der Waals surface area contributed by atoms with E-state index in [1.54, 1.807) is 12.1 Å². The van der Waals surface area contributed by atoms with Gasteiger partial charge in [0.15, 0.2) is 5.76 Å². The lowest BCUT2D eigenvalue weighted by atomic mass is 10.2. The van der Waals surface area contributed by atoms with Crippen molar-refractivity contribution >= 4 is 27.5 Å².